The summed E-state index contributed by atoms with van der Waals surface area (Å²) in [5.74, 6) is -2.08. The van der Waals surface area contributed by atoms with Crippen molar-refractivity contribution in [3.05, 3.63) is 11.8 Å². The maximum Gasteiger partial charge on any atom is 0.337 e. The van der Waals surface area contributed by atoms with Gasteiger partial charge < -0.3 is 9.84 Å². The molecule has 0 rings (SSSR count). The van der Waals surface area contributed by atoms with Crippen molar-refractivity contribution in [1.82, 2.24) is 0 Å². The molecule has 0 N–H and O–H groups in total. The first-order chi connectivity index (χ1) is 4.52. The molecule has 0 amide bonds. The minimum atomic E-state index is -0.917. The molecule has 0 saturated heterocycles. The fourth-order valence-corrected chi connectivity index (χ4v) is 0.337. The Balaban J connectivity index is 3.88. The van der Waals surface area contributed by atoms with E-state index in [-0.39, 0.29) is 0 Å². The van der Waals surface area contributed by atoms with E-state index in [1.54, 1.807) is 0 Å². The van der Waals surface area contributed by atoms with Gasteiger partial charge in [0, 0.05) is 13.0 Å². The summed E-state index contributed by atoms with van der Waals surface area (Å²) >= 11 is 0. The van der Waals surface area contributed by atoms with Gasteiger partial charge in [-0.05, 0) is 0 Å². The highest BCUT2D eigenvalue weighted by Crippen LogP contribution is 1.84. The van der Waals surface area contributed by atoms with Crippen molar-refractivity contribution in [3.63, 3.8) is 0 Å². The third-order valence-corrected chi connectivity index (χ3v) is 0.565. The average Bonchev–Trinajstić information content (AvgIpc) is 1.58. The van der Waals surface area contributed by atoms with Crippen LogP contribution in [0.5, 0.6) is 0 Å². The Morgan fingerprint density at radius 3 is 2.20 bits per heavy atom. The Bertz CT molecular complexity index is 176. The van der Waals surface area contributed by atoms with E-state index in [4.69, 9.17) is 0 Å². The van der Waals surface area contributed by atoms with Crippen LogP contribution in [-0.2, 0) is 14.3 Å². The van der Waals surface area contributed by atoms with Gasteiger partial charge in [0.2, 0.25) is 0 Å². The molecule has 10 heavy (non-hydrogen) atoms. The maximum absolute atomic E-state index is 10.3. The summed E-state index contributed by atoms with van der Waals surface area (Å²) in [6.07, 6.45) is 0.710. The zero-order valence-electron chi connectivity index (χ0n) is 5.71. The highest BCUT2D eigenvalue weighted by atomic mass is 16.6. The van der Waals surface area contributed by atoms with Gasteiger partial charge in [0.25, 0.3) is 0 Å². The summed E-state index contributed by atoms with van der Waals surface area (Å²) in [7, 11) is 0. The molecule has 0 aliphatic heterocycles. The van der Waals surface area contributed by atoms with Crippen molar-refractivity contribution >= 4 is 11.9 Å². The highest BCUT2D eigenvalue weighted by Gasteiger charge is 1.98. The van der Waals surface area contributed by atoms with Gasteiger partial charge in [0.1, 0.15) is 0 Å². The second kappa shape index (κ2) is 3.66. The van der Waals surface area contributed by atoms with E-state index in [2.05, 4.69) is 4.74 Å². The maximum atomic E-state index is 10.3. The number of hydrogen-bond donors (Lipinski definition) is 0. The summed E-state index contributed by atoms with van der Waals surface area (Å²) in [6, 6.07) is 0. The van der Waals surface area contributed by atoms with Gasteiger partial charge in [-0.3, -0.25) is 4.79 Å². The Labute approximate surface area is 58.1 Å². The van der Waals surface area contributed by atoms with Crippen molar-refractivity contribution in [3.8, 4) is 0 Å². The van der Waals surface area contributed by atoms with E-state index in [1.807, 2.05) is 0 Å². The lowest BCUT2D eigenvalue weighted by Crippen LogP contribution is -2.09. The van der Waals surface area contributed by atoms with Crippen molar-refractivity contribution in [2.24, 2.45) is 0 Å². The summed E-state index contributed by atoms with van der Waals surface area (Å²) in [5.41, 5.74) is 0. The van der Waals surface area contributed by atoms with Gasteiger partial charge >= 0.3 is 11.9 Å². The molecule has 0 aliphatic carbocycles. The molecule has 0 aliphatic rings. The van der Waals surface area contributed by atoms with Crippen molar-refractivity contribution in [2.45, 2.75) is 13.8 Å². The number of esters is 2. The first-order valence-electron chi connectivity index (χ1n) is 2.60. The zero-order chi connectivity index (χ0) is 8.15. The molecular weight excluding hydrogens is 136 g/mol. The Morgan fingerprint density at radius 1 is 1.40 bits per heavy atom. The molecule has 0 saturated carbocycles. The first-order valence-corrected chi connectivity index (χ1v) is 2.60. The summed E-state index contributed by atoms with van der Waals surface area (Å²) in [6.45, 7) is 2.28. The molecule has 0 atom stereocenters. The largest absolute Gasteiger partial charge is 0.875 e. The van der Waals surface area contributed by atoms with Crippen molar-refractivity contribution in [2.75, 3.05) is 0 Å². The molecular formula is C6H7O4-. The molecule has 0 radical (unpaired) electrons. The number of carbonyl (C=O) groups is 2. The zero-order valence-corrected chi connectivity index (χ0v) is 5.71. The second-order valence-electron chi connectivity index (χ2n) is 1.67. The third kappa shape index (κ3) is 4.83. The van der Waals surface area contributed by atoms with Crippen LogP contribution in [0.3, 0.4) is 0 Å². The van der Waals surface area contributed by atoms with Gasteiger partial charge in [-0.1, -0.05) is 6.92 Å². The van der Waals surface area contributed by atoms with E-state index >= 15 is 0 Å². The number of rotatable bonds is 1. The molecule has 0 aromatic heterocycles. The van der Waals surface area contributed by atoms with Crippen LogP contribution >= 0.6 is 0 Å². The average molecular weight is 143 g/mol. The molecule has 0 fully saturated rings. The Morgan fingerprint density at radius 2 is 1.90 bits per heavy atom. The van der Waals surface area contributed by atoms with E-state index in [1.165, 1.54) is 6.92 Å². The van der Waals surface area contributed by atoms with Gasteiger partial charge in [-0.2, -0.15) is 0 Å². The minimum Gasteiger partial charge on any atom is -0.875 e. The quantitative estimate of drug-likeness (QED) is 0.211. The van der Waals surface area contributed by atoms with Crippen LogP contribution in [0.15, 0.2) is 11.8 Å². The van der Waals surface area contributed by atoms with Gasteiger partial charge in [0.15, 0.2) is 0 Å². The van der Waals surface area contributed by atoms with Crippen molar-refractivity contribution < 1.29 is 19.4 Å². The van der Waals surface area contributed by atoms with Gasteiger partial charge in [-0.15, -0.1) is 5.76 Å². The predicted octanol–water partition coefficient (Wildman–Crippen LogP) is -0.660. The Kier molecular flexibility index (Phi) is 3.17. The number of hydrogen-bond acceptors (Lipinski definition) is 4. The SMILES string of the molecule is CC(=O)OC(=O)/C=C(/C)[O-]. The van der Waals surface area contributed by atoms with Crippen LogP contribution in [0.1, 0.15) is 13.8 Å². The van der Waals surface area contributed by atoms with Crippen molar-refractivity contribution in [1.29, 1.82) is 0 Å². The van der Waals surface area contributed by atoms with E-state index in [0.717, 1.165) is 6.92 Å². The standard InChI is InChI=1S/C6H8O4/c1-4(7)3-6(9)10-5(2)8/h3,7H,1-2H3/p-1/b4-3-. The van der Waals surface area contributed by atoms with Gasteiger partial charge in [0.05, 0.1) is 0 Å². The molecule has 0 bridgehead atoms. The molecule has 0 spiro atoms. The fraction of sp³-hybridized carbons (Fsp3) is 0.333. The Hall–Kier alpha value is -1.32. The molecule has 56 valence electrons. The lowest BCUT2D eigenvalue weighted by molar-refractivity contribution is -0.301. The van der Waals surface area contributed by atoms with Crippen LogP contribution in [0, 0.1) is 0 Å². The summed E-state index contributed by atoms with van der Waals surface area (Å²) < 4.78 is 4.01. The van der Waals surface area contributed by atoms with Gasteiger partial charge in [-0.25, -0.2) is 4.79 Å². The molecule has 4 nitrogen and oxygen atoms in total. The first kappa shape index (κ1) is 8.68. The lowest BCUT2D eigenvalue weighted by atomic mass is 10.5. The third-order valence-electron chi connectivity index (χ3n) is 0.565. The second-order valence-corrected chi connectivity index (χ2v) is 1.67. The monoisotopic (exact) mass is 143 g/mol. The highest BCUT2D eigenvalue weighted by molar-refractivity contribution is 5.91. The summed E-state index contributed by atoms with van der Waals surface area (Å²) in [5, 5.41) is 10.2. The van der Waals surface area contributed by atoms with E-state index in [0.29, 0.717) is 6.08 Å². The number of carbonyl (C=O) groups excluding carboxylic acids is 2. The van der Waals surface area contributed by atoms with Crippen LogP contribution in [0.25, 0.3) is 0 Å². The molecule has 0 unspecified atom stereocenters. The molecule has 0 aromatic carbocycles. The normalized spacial score (nSPS) is 10.8. The van der Waals surface area contributed by atoms with Crippen LogP contribution in [0.2, 0.25) is 0 Å². The van der Waals surface area contributed by atoms with Crippen LogP contribution in [0.4, 0.5) is 0 Å². The molecule has 0 heterocycles. The van der Waals surface area contributed by atoms with E-state index < -0.39 is 17.7 Å². The number of allylic oxidation sites excluding steroid dienone is 1. The van der Waals surface area contributed by atoms with Crippen LogP contribution < -0.4 is 5.11 Å². The lowest BCUT2D eigenvalue weighted by Gasteiger charge is -2.00. The predicted molar refractivity (Wildman–Crippen MR) is 30.5 cm³/mol. The van der Waals surface area contributed by atoms with Crippen LogP contribution in [-0.4, -0.2) is 11.9 Å². The smallest absolute Gasteiger partial charge is 0.337 e. The molecule has 0 aromatic rings. The minimum absolute atomic E-state index is 0.439. The summed E-state index contributed by atoms with van der Waals surface area (Å²) in [4.78, 5) is 20.4. The molecule has 4 heteroatoms. The van der Waals surface area contributed by atoms with E-state index in [9.17, 15) is 14.7 Å². The fourth-order valence-electron chi connectivity index (χ4n) is 0.337. The number of ether oxygens (including phenoxy) is 1. The topological polar surface area (TPSA) is 66.4 Å².